The predicted molar refractivity (Wildman–Crippen MR) is 99.0 cm³/mol. The second-order valence-electron chi connectivity index (χ2n) is 6.83. The van der Waals surface area contributed by atoms with E-state index >= 15 is 0 Å². The number of benzene rings is 2. The molecule has 0 aromatic heterocycles. The molecule has 0 saturated carbocycles. The molecule has 6 heteroatoms. The number of piperidine rings is 1. The first kappa shape index (κ1) is 19.0. The number of hydrogen-bond donors (Lipinski definition) is 1. The van der Waals surface area contributed by atoms with Crippen molar-refractivity contribution in [1.29, 1.82) is 5.26 Å². The average Bonchev–Trinajstić information content (AvgIpc) is 2.70. The molecule has 140 valence electrons. The summed E-state index contributed by atoms with van der Waals surface area (Å²) in [6.07, 6.45) is 1.69. The lowest BCUT2D eigenvalue weighted by atomic mass is 9.74. The number of rotatable bonds is 5. The molecule has 0 unspecified atom stereocenters. The number of amides is 1. The standard InChI is InChI=1S/C21H21F2N3O/c22-18-7-6-17(14-19(18)23)25-20(27)8-11-26-12-9-21(15-24,10-13-26)16-4-2-1-3-5-16/h1-7,14H,8-13H2,(H,25,27). The van der Waals surface area contributed by atoms with Gasteiger partial charge < -0.3 is 10.2 Å². The zero-order valence-corrected chi connectivity index (χ0v) is 14.9. The van der Waals surface area contributed by atoms with Crippen LogP contribution in [0, 0.1) is 23.0 Å². The van der Waals surface area contributed by atoms with Gasteiger partial charge in [0, 0.05) is 24.7 Å². The molecule has 1 aliphatic rings. The maximum absolute atomic E-state index is 13.2. The maximum atomic E-state index is 13.2. The molecule has 0 aliphatic carbocycles. The Morgan fingerprint density at radius 2 is 1.81 bits per heavy atom. The van der Waals surface area contributed by atoms with E-state index in [-0.39, 0.29) is 18.0 Å². The smallest absolute Gasteiger partial charge is 0.225 e. The van der Waals surface area contributed by atoms with E-state index in [1.165, 1.54) is 6.07 Å². The Morgan fingerprint density at radius 1 is 1.11 bits per heavy atom. The number of halogens is 2. The topological polar surface area (TPSA) is 56.1 Å². The van der Waals surface area contributed by atoms with Crippen LogP contribution in [0.2, 0.25) is 0 Å². The van der Waals surface area contributed by atoms with Gasteiger partial charge >= 0.3 is 0 Å². The summed E-state index contributed by atoms with van der Waals surface area (Å²) in [6, 6.07) is 15.6. The number of nitrogens with zero attached hydrogens (tertiary/aromatic N) is 2. The Balaban J connectivity index is 1.50. The number of hydrogen-bond acceptors (Lipinski definition) is 3. The minimum atomic E-state index is -0.988. The maximum Gasteiger partial charge on any atom is 0.225 e. The first-order valence-corrected chi connectivity index (χ1v) is 8.96. The van der Waals surface area contributed by atoms with Crippen LogP contribution in [-0.2, 0) is 10.2 Å². The molecule has 1 N–H and O–H groups in total. The van der Waals surface area contributed by atoms with Gasteiger partial charge in [0.15, 0.2) is 11.6 Å². The molecule has 0 radical (unpaired) electrons. The van der Waals surface area contributed by atoms with Crippen LogP contribution >= 0.6 is 0 Å². The lowest BCUT2D eigenvalue weighted by Gasteiger charge is -2.37. The molecule has 1 heterocycles. The SMILES string of the molecule is N#CC1(c2ccccc2)CCN(CCC(=O)Nc2ccc(F)c(F)c2)CC1. The third kappa shape index (κ3) is 4.50. The van der Waals surface area contributed by atoms with Crippen LogP contribution in [0.15, 0.2) is 48.5 Å². The van der Waals surface area contributed by atoms with E-state index in [1.54, 1.807) is 0 Å². The molecule has 1 aliphatic heterocycles. The van der Waals surface area contributed by atoms with Crippen LogP contribution in [-0.4, -0.2) is 30.4 Å². The molecule has 1 amide bonds. The van der Waals surface area contributed by atoms with Crippen molar-refractivity contribution in [2.24, 2.45) is 0 Å². The van der Waals surface area contributed by atoms with Gasteiger partial charge in [0.1, 0.15) is 0 Å². The number of carbonyl (C=O) groups is 1. The van der Waals surface area contributed by atoms with Gasteiger partial charge in [-0.15, -0.1) is 0 Å². The molecular weight excluding hydrogens is 348 g/mol. The summed E-state index contributed by atoms with van der Waals surface area (Å²) in [5, 5.41) is 12.3. The molecule has 27 heavy (non-hydrogen) atoms. The second kappa shape index (κ2) is 8.28. The summed E-state index contributed by atoms with van der Waals surface area (Å²) in [7, 11) is 0. The Kier molecular flexibility index (Phi) is 5.82. The number of nitrogens with one attached hydrogen (secondary N) is 1. The van der Waals surface area contributed by atoms with Crippen molar-refractivity contribution in [2.75, 3.05) is 25.0 Å². The summed E-state index contributed by atoms with van der Waals surface area (Å²) < 4.78 is 26.1. The van der Waals surface area contributed by atoms with Crippen molar-refractivity contribution in [3.05, 3.63) is 65.7 Å². The summed E-state index contributed by atoms with van der Waals surface area (Å²) in [5.41, 5.74) is 0.819. The third-order valence-electron chi connectivity index (χ3n) is 5.11. The third-order valence-corrected chi connectivity index (χ3v) is 5.11. The van der Waals surface area contributed by atoms with Crippen LogP contribution in [0.5, 0.6) is 0 Å². The normalized spacial score (nSPS) is 16.5. The molecule has 0 atom stereocenters. The summed E-state index contributed by atoms with van der Waals surface area (Å²) in [6.45, 7) is 2.04. The van der Waals surface area contributed by atoms with Crippen molar-refractivity contribution < 1.29 is 13.6 Å². The molecule has 0 spiro atoms. The lowest BCUT2D eigenvalue weighted by Crippen LogP contribution is -2.42. The predicted octanol–water partition coefficient (Wildman–Crippen LogP) is 3.85. The monoisotopic (exact) mass is 369 g/mol. The van der Waals surface area contributed by atoms with Gasteiger partial charge in [0.25, 0.3) is 0 Å². The Hall–Kier alpha value is -2.78. The highest BCUT2D eigenvalue weighted by molar-refractivity contribution is 5.90. The Bertz CT molecular complexity index is 840. The fourth-order valence-electron chi connectivity index (χ4n) is 3.44. The average molecular weight is 369 g/mol. The Labute approximate surface area is 157 Å². The van der Waals surface area contributed by atoms with Crippen LogP contribution in [0.25, 0.3) is 0 Å². The molecule has 3 rings (SSSR count). The van der Waals surface area contributed by atoms with Crippen LogP contribution in [0.1, 0.15) is 24.8 Å². The van der Waals surface area contributed by atoms with E-state index in [0.717, 1.165) is 43.6 Å². The van der Waals surface area contributed by atoms with E-state index < -0.39 is 17.0 Å². The van der Waals surface area contributed by atoms with Crippen LogP contribution in [0.4, 0.5) is 14.5 Å². The van der Waals surface area contributed by atoms with Crippen molar-refractivity contribution in [3.63, 3.8) is 0 Å². The molecule has 2 aromatic rings. The number of anilines is 1. The fraction of sp³-hybridized carbons (Fsp3) is 0.333. The molecule has 1 saturated heterocycles. The fourth-order valence-corrected chi connectivity index (χ4v) is 3.44. The van der Waals surface area contributed by atoms with Gasteiger partial charge in [-0.3, -0.25) is 4.79 Å². The van der Waals surface area contributed by atoms with E-state index in [0.29, 0.717) is 6.54 Å². The zero-order chi connectivity index (χ0) is 19.3. The number of nitriles is 1. The number of carbonyl (C=O) groups excluding carboxylic acids is 1. The molecular formula is C21H21F2N3O. The largest absolute Gasteiger partial charge is 0.326 e. The van der Waals surface area contributed by atoms with Crippen LogP contribution < -0.4 is 5.32 Å². The van der Waals surface area contributed by atoms with Gasteiger partial charge in [0.05, 0.1) is 11.5 Å². The minimum Gasteiger partial charge on any atom is -0.326 e. The summed E-state index contributed by atoms with van der Waals surface area (Å²) in [4.78, 5) is 14.2. The minimum absolute atomic E-state index is 0.241. The first-order valence-electron chi connectivity index (χ1n) is 8.96. The van der Waals surface area contributed by atoms with E-state index in [9.17, 15) is 18.8 Å². The highest BCUT2D eigenvalue weighted by Crippen LogP contribution is 2.34. The summed E-state index contributed by atoms with van der Waals surface area (Å²) >= 11 is 0. The molecule has 0 bridgehead atoms. The summed E-state index contributed by atoms with van der Waals surface area (Å²) in [5.74, 6) is -2.18. The molecule has 1 fully saturated rings. The van der Waals surface area contributed by atoms with E-state index in [4.69, 9.17) is 0 Å². The van der Waals surface area contributed by atoms with Gasteiger partial charge in [-0.25, -0.2) is 8.78 Å². The number of likely N-dealkylation sites (tertiary alicyclic amines) is 1. The van der Waals surface area contributed by atoms with Crippen molar-refractivity contribution in [1.82, 2.24) is 4.90 Å². The van der Waals surface area contributed by atoms with Crippen molar-refractivity contribution >= 4 is 11.6 Å². The van der Waals surface area contributed by atoms with E-state index in [2.05, 4.69) is 16.3 Å². The van der Waals surface area contributed by atoms with Gasteiger partial charge in [0.2, 0.25) is 5.91 Å². The second-order valence-corrected chi connectivity index (χ2v) is 6.83. The van der Waals surface area contributed by atoms with Crippen LogP contribution in [0.3, 0.4) is 0 Å². The first-order chi connectivity index (χ1) is 13.0. The Morgan fingerprint density at radius 3 is 2.44 bits per heavy atom. The lowest BCUT2D eigenvalue weighted by molar-refractivity contribution is -0.116. The molecule has 2 aromatic carbocycles. The quantitative estimate of drug-likeness (QED) is 0.871. The molecule has 4 nitrogen and oxygen atoms in total. The zero-order valence-electron chi connectivity index (χ0n) is 14.9. The van der Waals surface area contributed by atoms with E-state index in [1.807, 2.05) is 30.3 Å². The van der Waals surface area contributed by atoms with Crippen molar-refractivity contribution in [3.8, 4) is 6.07 Å². The van der Waals surface area contributed by atoms with Gasteiger partial charge in [-0.2, -0.15) is 5.26 Å². The van der Waals surface area contributed by atoms with Gasteiger partial charge in [-0.05, 0) is 43.6 Å². The van der Waals surface area contributed by atoms with Gasteiger partial charge in [-0.1, -0.05) is 30.3 Å². The highest BCUT2D eigenvalue weighted by Gasteiger charge is 2.36. The highest BCUT2D eigenvalue weighted by atomic mass is 19.2. The van der Waals surface area contributed by atoms with Crippen molar-refractivity contribution in [2.45, 2.75) is 24.7 Å².